The molecule has 1 aliphatic rings. The first-order valence-corrected chi connectivity index (χ1v) is 5.30. The molecule has 2 rings (SSSR count). The number of fused-ring (bicyclic) bond motifs is 1. The number of alkyl halides is 1. The number of hydrogen-bond donors (Lipinski definition) is 0. The van der Waals surface area contributed by atoms with Gasteiger partial charge in [-0.3, -0.25) is 4.79 Å². The molecule has 0 radical (unpaired) electrons. The van der Waals surface area contributed by atoms with E-state index in [2.05, 4.69) is 22.0 Å². The molecule has 1 aromatic rings. The van der Waals surface area contributed by atoms with Gasteiger partial charge >= 0.3 is 5.97 Å². The Morgan fingerprint density at radius 3 is 3.00 bits per heavy atom. The Bertz CT molecular complexity index is 347. The molecule has 1 aromatic carbocycles. The van der Waals surface area contributed by atoms with Gasteiger partial charge in [-0.15, -0.1) is 0 Å². The lowest BCUT2D eigenvalue weighted by Crippen LogP contribution is -2.15. The Hall–Kier alpha value is -0.830. The average molecular weight is 241 g/mol. The summed E-state index contributed by atoms with van der Waals surface area (Å²) in [6, 6.07) is 5.91. The van der Waals surface area contributed by atoms with Crippen LogP contribution in [-0.4, -0.2) is 5.97 Å². The number of carbonyl (C=O) groups is 1. The first kappa shape index (κ1) is 8.75. The van der Waals surface area contributed by atoms with E-state index in [1.165, 1.54) is 5.56 Å². The molecule has 0 fully saturated rings. The van der Waals surface area contributed by atoms with Gasteiger partial charge in [-0.05, 0) is 23.6 Å². The molecule has 0 N–H and O–H groups in total. The number of benzene rings is 1. The van der Waals surface area contributed by atoms with E-state index in [9.17, 15) is 4.79 Å². The highest BCUT2D eigenvalue weighted by molar-refractivity contribution is 9.08. The summed E-state index contributed by atoms with van der Waals surface area (Å²) in [5.74, 6) is 0.597. The molecule has 0 spiro atoms. The number of esters is 1. The molecular weight excluding hydrogens is 232 g/mol. The summed E-state index contributed by atoms with van der Waals surface area (Å²) in [6.07, 6.45) is 1.30. The van der Waals surface area contributed by atoms with Gasteiger partial charge in [0.1, 0.15) is 5.75 Å². The number of aryl methyl sites for hydroxylation is 1. The van der Waals surface area contributed by atoms with Gasteiger partial charge < -0.3 is 4.74 Å². The SMILES string of the molecule is O=C1CCc2cc(CBr)ccc2O1. The summed E-state index contributed by atoms with van der Waals surface area (Å²) in [5, 5.41) is 0.841. The minimum absolute atomic E-state index is 0.126. The van der Waals surface area contributed by atoms with Crippen molar-refractivity contribution in [3.8, 4) is 5.75 Å². The zero-order chi connectivity index (χ0) is 9.26. The Kier molecular flexibility index (Phi) is 2.36. The van der Waals surface area contributed by atoms with Crippen LogP contribution in [0.3, 0.4) is 0 Å². The van der Waals surface area contributed by atoms with Crippen molar-refractivity contribution >= 4 is 21.9 Å². The van der Waals surface area contributed by atoms with E-state index in [0.717, 1.165) is 23.1 Å². The minimum atomic E-state index is -0.126. The van der Waals surface area contributed by atoms with Crippen LogP contribution >= 0.6 is 15.9 Å². The van der Waals surface area contributed by atoms with Crippen molar-refractivity contribution in [2.75, 3.05) is 0 Å². The normalized spacial score (nSPS) is 15.0. The van der Waals surface area contributed by atoms with Crippen molar-refractivity contribution in [1.82, 2.24) is 0 Å². The third-order valence-corrected chi connectivity index (χ3v) is 2.75. The van der Waals surface area contributed by atoms with Gasteiger partial charge in [0.2, 0.25) is 0 Å². The van der Waals surface area contributed by atoms with Gasteiger partial charge in [-0.2, -0.15) is 0 Å². The first-order chi connectivity index (χ1) is 6.29. The Labute approximate surface area is 85.0 Å². The molecule has 2 nitrogen and oxygen atoms in total. The molecule has 0 aromatic heterocycles. The van der Waals surface area contributed by atoms with Crippen molar-refractivity contribution in [1.29, 1.82) is 0 Å². The molecule has 0 atom stereocenters. The average Bonchev–Trinajstić information content (AvgIpc) is 2.17. The van der Waals surface area contributed by atoms with Gasteiger partial charge in [0.05, 0.1) is 6.42 Å². The molecule has 0 unspecified atom stereocenters. The van der Waals surface area contributed by atoms with Crippen molar-refractivity contribution in [3.05, 3.63) is 29.3 Å². The molecule has 3 heteroatoms. The summed E-state index contributed by atoms with van der Waals surface area (Å²) in [5.41, 5.74) is 2.35. The summed E-state index contributed by atoms with van der Waals surface area (Å²) in [7, 11) is 0. The van der Waals surface area contributed by atoms with Crippen LogP contribution in [0.4, 0.5) is 0 Å². The van der Waals surface area contributed by atoms with E-state index in [1.54, 1.807) is 0 Å². The largest absolute Gasteiger partial charge is 0.426 e. The van der Waals surface area contributed by atoms with E-state index in [-0.39, 0.29) is 5.97 Å². The zero-order valence-corrected chi connectivity index (χ0v) is 8.63. The van der Waals surface area contributed by atoms with E-state index in [0.29, 0.717) is 6.42 Å². The lowest BCUT2D eigenvalue weighted by Gasteiger charge is -2.15. The lowest BCUT2D eigenvalue weighted by atomic mass is 10.0. The molecule has 0 amide bonds. The molecule has 0 saturated heterocycles. The molecule has 13 heavy (non-hydrogen) atoms. The van der Waals surface area contributed by atoms with Crippen LogP contribution in [0.15, 0.2) is 18.2 Å². The molecule has 0 bridgehead atoms. The van der Waals surface area contributed by atoms with E-state index >= 15 is 0 Å². The quantitative estimate of drug-likeness (QED) is 0.428. The van der Waals surface area contributed by atoms with Crippen molar-refractivity contribution in [2.24, 2.45) is 0 Å². The Morgan fingerprint density at radius 1 is 1.38 bits per heavy atom. The lowest BCUT2D eigenvalue weighted by molar-refractivity contribution is -0.135. The van der Waals surface area contributed by atoms with Gasteiger partial charge in [0, 0.05) is 5.33 Å². The number of hydrogen-bond acceptors (Lipinski definition) is 2. The molecule has 0 aliphatic carbocycles. The highest BCUT2D eigenvalue weighted by Gasteiger charge is 2.16. The predicted octanol–water partition coefficient (Wildman–Crippen LogP) is 2.43. The van der Waals surface area contributed by atoms with Gasteiger partial charge in [0.15, 0.2) is 0 Å². The first-order valence-electron chi connectivity index (χ1n) is 4.18. The monoisotopic (exact) mass is 240 g/mol. The third kappa shape index (κ3) is 1.75. The van der Waals surface area contributed by atoms with E-state index < -0.39 is 0 Å². The van der Waals surface area contributed by atoms with Gasteiger partial charge in [-0.1, -0.05) is 28.1 Å². The number of carbonyl (C=O) groups excluding carboxylic acids is 1. The summed E-state index contributed by atoms with van der Waals surface area (Å²) in [6.45, 7) is 0. The van der Waals surface area contributed by atoms with E-state index in [1.807, 2.05) is 12.1 Å². The molecule has 0 saturated carbocycles. The third-order valence-electron chi connectivity index (χ3n) is 2.10. The molecule has 1 aliphatic heterocycles. The zero-order valence-electron chi connectivity index (χ0n) is 7.05. The topological polar surface area (TPSA) is 26.3 Å². The fourth-order valence-corrected chi connectivity index (χ4v) is 1.77. The maximum absolute atomic E-state index is 10.9. The maximum Gasteiger partial charge on any atom is 0.311 e. The van der Waals surface area contributed by atoms with Crippen LogP contribution in [0.1, 0.15) is 17.5 Å². The van der Waals surface area contributed by atoms with E-state index in [4.69, 9.17) is 4.74 Å². The van der Waals surface area contributed by atoms with Crippen LogP contribution in [0, 0.1) is 0 Å². The molecule has 68 valence electrons. The van der Waals surface area contributed by atoms with Gasteiger partial charge in [0.25, 0.3) is 0 Å². The number of rotatable bonds is 1. The van der Waals surface area contributed by atoms with Crippen LogP contribution in [0.5, 0.6) is 5.75 Å². The Balaban J connectivity index is 2.36. The second-order valence-corrected chi connectivity index (χ2v) is 3.61. The van der Waals surface area contributed by atoms with Crippen molar-refractivity contribution in [3.63, 3.8) is 0 Å². The smallest absolute Gasteiger partial charge is 0.311 e. The fraction of sp³-hybridized carbons (Fsp3) is 0.300. The maximum atomic E-state index is 10.9. The van der Waals surface area contributed by atoms with Crippen LogP contribution in [0.2, 0.25) is 0 Å². The van der Waals surface area contributed by atoms with Crippen molar-refractivity contribution < 1.29 is 9.53 Å². The highest BCUT2D eigenvalue weighted by atomic mass is 79.9. The summed E-state index contributed by atoms with van der Waals surface area (Å²) >= 11 is 3.39. The molecular formula is C10H9BrO2. The second-order valence-electron chi connectivity index (χ2n) is 3.05. The minimum Gasteiger partial charge on any atom is -0.426 e. The highest BCUT2D eigenvalue weighted by Crippen LogP contribution is 2.26. The predicted molar refractivity (Wildman–Crippen MR) is 53.0 cm³/mol. The van der Waals surface area contributed by atoms with Gasteiger partial charge in [-0.25, -0.2) is 0 Å². The van der Waals surface area contributed by atoms with Crippen LogP contribution in [-0.2, 0) is 16.5 Å². The summed E-state index contributed by atoms with van der Waals surface area (Å²) in [4.78, 5) is 10.9. The van der Waals surface area contributed by atoms with Crippen LogP contribution < -0.4 is 4.74 Å². The summed E-state index contributed by atoms with van der Waals surface area (Å²) < 4.78 is 5.08. The molecule has 1 heterocycles. The second kappa shape index (κ2) is 3.50. The number of halogens is 1. The Morgan fingerprint density at radius 2 is 2.23 bits per heavy atom. The standard InChI is InChI=1S/C10H9BrO2/c11-6-7-1-3-9-8(5-7)2-4-10(12)13-9/h1,3,5H,2,4,6H2. The van der Waals surface area contributed by atoms with Crippen molar-refractivity contribution in [2.45, 2.75) is 18.2 Å². The number of ether oxygens (including phenoxy) is 1. The van der Waals surface area contributed by atoms with Crippen LogP contribution in [0.25, 0.3) is 0 Å². The fourth-order valence-electron chi connectivity index (χ4n) is 1.42.